The Morgan fingerprint density at radius 3 is 2.57 bits per heavy atom. The maximum absolute atomic E-state index is 14.8. The van der Waals surface area contributed by atoms with Crippen LogP contribution in [0, 0.1) is 5.82 Å². The van der Waals surface area contributed by atoms with Gasteiger partial charge in [-0.2, -0.15) is 0 Å². The Morgan fingerprint density at radius 2 is 1.96 bits per heavy atom. The highest BCUT2D eigenvalue weighted by molar-refractivity contribution is 5.96. The molecule has 2 aromatic heterocycles. The van der Waals surface area contributed by atoms with Crippen LogP contribution in [0.25, 0.3) is 21.9 Å². The summed E-state index contributed by atoms with van der Waals surface area (Å²) in [5, 5.41) is 9.84. The van der Waals surface area contributed by atoms with E-state index >= 15 is 0 Å². The van der Waals surface area contributed by atoms with Crippen LogP contribution in [0.5, 0.6) is 0 Å². The van der Waals surface area contributed by atoms with E-state index in [1.165, 1.54) is 22.9 Å². The molecule has 1 aromatic carbocycles. The van der Waals surface area contributed by atoms with E-state index in [-0.39, 0.29) is 22.3 Å². The van der Waals surface area contributed by atoms with Crippen molar-refractivity contribution in [1.82, 2.24) is 14.5 Å². The number of aromatic nitrogens is 2. The molecule has 8 heteroatoms. The number of benzene rings is 1. The summed E-state index contributed by atoms with van der Waals surface area (Å²) in [7, 11) is 5.65. The van der Waals surface area contributed by atoms with E-state index in [0.29, 0.717) is 35.3 Å². The van der Waals surface area contributed by atoms with Gasteiger partial charge in [-0.25, -0.2) is 14.2 Å². The van der Waals surface area contributed by atoms with Crippen molar-refractivity contribution in [3.05, 3.63) is 46.0 Å². The smallest absolute Gasteiger partial charge is 0.341 e. The average Bonchev–Trinajstić information content (AvgIpc) is 2.60. The Balaban J connectivity index is 1.86. The SMILES string of the molecule is CN(C)C1(C)CN(c2cc3nc4c(cc3cc2F)c(=O)c(C(=O)O)cn4C)C1. The monoisotopic (exact) mass is 384 g/mol. The van der Waals surface area contributed by atoms with Crippen LogP contribution < -0.4 is 10.3 Å². The third kappa shape index (κ3) is 2.63. The van der Waals surface area contributed by atoms with Gasteiger partial charge in [-0.3, -0.25) is 4.79 Å². The quantitative estimate of drug-likeness (QED) is 0.697. The van der Waals surface area contributed by atoms with Crippen LogP contribution in [0.2, 0.25) is 0 Å². The number of likely N-dealkylation sites (N-methyl/N-ethyl adjacent to an activating group) is 1. The van der Waals surface area contributed by atoms with Crippen LogP contribution in [-0.4, -0.2) is 58.3 Å². The van der Waals surface area contributed by atoms with Gasteiger partial charge in [-0.05, 0) is 39.2 Å². The van der Waals surface area contributed by atoms with Gasteiger partial charge in [0.15, 0.2) is 0 Å². The fourth-order valence-corrected chi connectivity index (χ4v) is 3.69. The molecule has 1 aliphatic heterocycles. The summed E-state index contributed by atoms with van der Waals surface area (Å²) in [6.07, 6.45) is 1.26. The van der Waals surface area contributed by atoms with Crippen LogP contribution >= 0.6 is 0 Å². The van der Waals surface area contributed by atoms with Gasteiger partial charge in [0.05, 0.1) is 22.1 Å². The molecule has 4 rings (SSSR count). The molecule has 0 unspecified atom stereocenters. The summed E-state index contributed by atoms with van der Waals surface area (Å²) in [6.45, 7) is 3.54. The normalized spacial score (nSPS) is 16.0. The van der Waals surface area contributed by atoms with E-state index < -0.39 is 11.4 Å². The zero-order chi connectivity index (χ0) is 20.4. The Morgan fingerprint density at radius 1 is 1.29 bits per heavy atom. The maximum Gasteiger partial charge on any atom is 0.341 e. The lowest BCUT2D eigenvalue weighted by Gasteiger charge is -2.53. The number of carboxylic acids is 1. The first kappa shape index (κ1) is 18.4. The molecular weight excluding hydrogens is 363 g/mol. The number of fused-ring (bicyclic) bond motifs is 2. The van der Waals surface area contributed by atoms with Crippen LogP contribution in [0.15, 0.2) is 29.2 Å². The summed E-state index contributed by atoms with van der Waals surface area (Å²) in [5.41, 5.74) is 0.434. The summed E-state index contributed by atoms with van der Waals surface area (Å²) in [5.74, 6) is -1.69. The highest BCUT2D eigenvalue weighted by Crippen LogP contribution is 2.34. The first-order chi connectivity index (χ1) is 13.1. The molecule has 1 saturated heterocycles. The minimum Gasteiger partial charge on any atom is -0.477 e. The average molecular weight is 384 g/mol. The number of rotatable bonds is 3. The Labute approximate surface area is 160 Å². The predicted octanol–water partition coefficient (Wildman–Crippen LogP) is 2.06. The Bertz CT molecular complexity index is 1200. The van der Waals surface area contributed by atoms with Crippen molar-refractivity contribution in [3.63, 3.8) is 0 Å². The third-order valence-electron chi connectivity index (χ3n) is 5.72. The number of anilines is 1. The second-order valence-electron chi connectivity index (χ2n) is 7.89. The lowest BCUT2D eigenvalue weighted by Crippen LogP contribution is -2.67. The molecule has 0 spiro atoms. The topological polar surface area (TPSA) is 78.7 Å². The van der Waals surface area contributed by atoms with Crippen molar-refractivity contribution < 1.29 is 14.3 Å². The molecular formula is C20H21FN4O3. The number of aromatic carboxylic acids is 1. The van der Waals surface area contributed by atoms with Crippen LogP contribution in [0.4, 0.5) is 10.1 Å². The van der Waals surface area contributed by atoms with Crippen molar-refractivity contribution in [1.29, 1.82) is 0 Å². The van der Waals surface area contributed by atoms with Gasteiger partial charge >= 0.3 is 5.97 Å². The maximum atomic E-state index is 14.8. The second kappa shape index (κ2) is 6.00. The highest BCUT2D eigenvalue weighted by atomic mass is 19.1. The zero-order valence-corrected chi connectivity index (χ0v) is 16.2. The molecule has 0 atom stereocenters. The molecule has 0 aliphatic carbocycles. The molecule has 0 amide bonds. The highest BCUT2D eigenvalue weighted by Gasteiger charge is 2.41. The molecule has 3 aromatic rings. The van der Waals surface area contributed by atoms with E-state index in [1.54, 1.807) is 13.1 Å². The zero-order valence-electron chi connectivity index (χ0n) is 16.2. The van der Waals surface area contributed by atoms with Crippen molar-refractivity contribution in [2.24, 2.45) is 7.05 Å². The summed E-state index contributed by atoms with van der Waals surface area (Å²) < 4.78 is 16.3. The molecule has 1 aliphatic rings. The molecule has 28 heavy (non-hydrogen) atoms. The number of nitrogens with zero attached hydrogens (tertiary/aromatic N) is 4. The number of pyridine rings is 2. The number of carboxylic acid groups (broad SMARTS) is 1. The first-order valence-corrected chi connectivity index (χ1v) is 8.90. The molecule has 1 fully saturated rings. The lowest BCUT2D eigenvalue weighted by atomic mass is 9.90. The van der Waals surface area contributed by atoms with Gasteiger partial charge < -0.3 is 19.5 Å². The Hall–Kier alpha value is -3.00. The first-order valence-electron chi connectivity index (χ1n) is 8.90. The molecule has 3 heterocycles. The fourth-order valence-electron chi connectivity index (χ4n) is 3.69. The molecule has 0 radical (unpaired) electrons. The summed E-state index contributed by atoms with van der Waals surface area (Å²) in [4.78, 5) is 32.4. The van der Waals surface area contributed by atoms with Gasteiger partial charge in [0.25, 0.3) is 0 Å². The second-order valence-corrected chi connectivity index (χ2v) is 7.89. The third-order valence-corrected chi connectivity index (χ3v) is 5.72. The van der Waals surface area contributed by atoms with E-state index in [9.17, 15) is 19.1 Å². The lowest BCUT2D eigenvalue weighted by molar-refractivity contribution is 0.0695. The Kier molecular flexibility index (Phi) is 3.94. The van der Waals surface area contributed by atoms with Crippen LogP contribution in [-0.2, 0) is 7.05 Å². The molecule has 7 nitrogen and oxygen atoms in total. The summed E-state index contributed by atoms with van der Waals surface area (Å²) >= 11 is 0. The predicted molar refractivity (Wildman–Crippen MR) is 106 cm³/mol. The number of carbonyl (C=O) groups is 1. The number of hydrogen-bond donors (Lipinski definition) is 1. The summed E-state index contributed by atoms with van der Waals surface area (Å²) in [6, 6.07) is 4.56. The van der Waals surface area contributed by atoms with Gasteiger partial charge in [-0.15, -0.1) is 0 Å². The number of halogens is 1. The minimum absolute atomic E-state index is 0.00462. The molecule has 146 valence electrons. The van der Waals surface area contributed by atoms with Crippen molar-refractivity contribution in [3.8, 4) is 0 Å². The standard InChI is InChI=1S/C20H21FN4O3/c1-20(23(2)3)9-25(10-20)16-7-15-11(6-14(16)21)5-12-17(26)13(19(27)28)8-24(4)18(12)22-15/h5-8H,9-10H2,1-4H3,(H,27,28). The minimum atomic E-state index is -1.30. The van der Waals surface area contributed by atoms with Gasteiger partial charge in [0.1, 0.15) is 17.0 Å². The van der Waals surface area contributed by atoms with E-state index in [1.807, 2.05) is 19.0 Å². The van der Waals surface area contributed by atoms with Crippen LogP contribution in [0.1, 0.15) is 17.3 Å². The van der Waals surface area contributed by atoms with Crippen molar-refractivity contribution in [2.75, 3.05) is 32.1 Å². The molecule has 0 bridgehead atoms. The van der Waals surface area contributed by atoms with Gasteiger partial charge in [0.2, 0.25) is 5.43 Å². The fraction of sp³-hybridized carbons (Fsp3) is 0.350. The van der Waals surface area contributed by atoms with Gasteiger partial charge in [0, 0.05) is 31.7 Å². The number of hydrogen-bond acceptors (Lipinski definition) is 5. The van der Waals surface area contributed by atoms with Crippen molar-refractivity contribution >= 4 is 33.6 Å². The van der Waals surface area contributed by atoms with Gasteiger partial charge in [-0.1, -0.05) is 0 Å². The van der Waals surface area contributed by atoms with Crippen LogP contribution in [0.3, 0.4) is 0 Å². The van der Waals surface area contributed by atoms with E-state index in [0.717, 1.165) is 0 Å². The number of aryl methyl sites for hydroxylation is 1. The molecule has 0 saturated carbocycles. The van der Waals surface area contributed by atoms with E-state index in [4.69, 9.17) is 0 Å². The molecule has 1 N–H and O–H groups in total. The van der Waals surface area contributed by atoms with Crippen molar-refractivity contribution in [2.45, 2.75) is 12.5 Å². The largest absolute Gasteiger partial charge is 0.477 e. The van der Waals surface area contributed by atoms with E-state index in [2.05, 4.69) is 16.8 Å².